The first-order valence-electron chi connectivity index (χ1n) is 5.99. The van der Waals surface area contributed by atoms with Crippen LogP contribution in [0.25, 0.3) is 0 Å². The van der Waals surface area contributed by atoms with Gasteiger partial charge in [0.25, 0.3) is 0 Å². The van der Waals surface area contributed by atoms with Gasteiger partial charge in [-0.15, -0.1) is 0 Å². The fourth-order valence-corrected chi connectivity index (χ4v) is 1.88. The number of amides is 1. The van der Waals surface area contributed by atoms with E-state index in [1.807, 2.05) is 38.1 Å². The molecule has 0 aliphatic rings. The highest BCUT2D eigenvalue weighted by atomic mass is 16.1. The second-order valence-corrected chi connectivity index (χ2v) is 4.43. The van der Waals surface area contributed by atoms with E-state index in [4.69, 9.17) is 0 Å². The highest BCUT2D eigenvalue weighted by molar-refractivity contribution is 5.78. The number of carbonyl (C=O) groups excluding carboxylic acids is 1. The third-order valence-electron chi connectivity index (χ3n) is 2.75. The number of H-pyrrole nitrogens is 1. The monoisotopic (exact) mass is 243 g/mol. The second kappa shape index (κ2) is 5.49. The van der Waals surface area contributed by atoms with Crippen LogP contribution in [0.15, 0.2) is 36.7 Å². The molecule has 1 aromatic heterocycles. The Kier molecular flexibility index (Phi) is 3.77. The summed E-state index contributed by atoms with van der Waals surface area (Å²) in [5.41, 5.74) is 2.19. The predicted octanol–water partition coefficient (Wildman–Crippen LogP) is 2.14. The van der Waals surface area contributed by atoms with E-state index in [1.54, 1.807) is 12.4 Å². The van der Waals surface area contributed by atoms with Crippen LogP contribution in [0, 0.1) is 6.92 Å². The summed E-state index contributed by atoms with van der Waals surface area (Å²) in [6.45, 7) is 3.93. The Morgan fingerprint density at radius 3 is 3.00 bits per heavy atom. The summed E-state index contributed by atoms with van der Waals surface area (Å²) in [5, 5.41) is 2.92. The van der Waals surface area contributed by atoms with Gasteiger partial charge in [0, 0.05) is 12.4 Å². The van der Waals surface area contributed by atoms with E-state index in [9.17, 15) is 4.79 Å². The van der Waals surface area contributed by atoms with Crippen molar-refractivity contribution in [2.75, 3.05) is 0 Å². The van der Waals surface area contributed by atoms with Gasteiger partial charge in [0.15, 0.2) is 0 Å². The molecule has 1 heterocycles. The van der Waals surface area contributed by atoms with Crippen molar-refractivity contribution in [1.82, 2.24) is 15.3 Å². The molecule has 4 heteroatoms. The largest absolute Gasteiger partial charge is 0.347 e. The van der Waals surface area contributed by atoms with Gasteiger partial charge in [-0.1, -0.05) is 29.8 Å². The summed E-state index contributed by atoms with van der Waals surface area (Å²) in [6, 6.07) is 7.87. The molecule has 0 saturated heterocycles. The zero-order valence-electron chi connectivity index (χ0n) is 10.6. The molecule has 0 bridgehead atoms. The second-order valence-electron chi connectivity index (χ2n) is 4.43. The standard InChI is InChI=1S/C14H17N3O/c1-10-4-3-5-12(8-10)9-13(18)17-11(2)14-15-6-7-16-14/h3-8,11H,9H2,1-2H3,(H,15,16)(H,17,18). The maximum Gasteiger partial charge on any atom is 0.224 e. The quantitative estimate of drug-likeness (QED) is 0.864. The van der Waals surface area contributed by atoms with Crippen LogP contribution in [0.4, 0.5) is 0 Å². The third-order valence-corrected chi connectivity index (χ3v) is 2.75. The van der Waals surface area contributed by atoms with E-state index in [-0.39, 0.29) is 11.9 Å². The van der Waals surface area contributed by atoms with Crippen LogP contribution in [-0.2, 0) is 11.2 Å². The predicted molar refractivity (Wildman–Crippen MR) is 70.0 cm³/mol. The Bertz CT molecular complexity index is 520. The summed E-state index contributed by atoms with van der Waals surface area (Å²) < 4.78 is 0. The molecule has 0 spiro atoms. The number of nitrogens with zero attached hydrogens (tertiary/aromatic N) is 1. The van der Waals surface area contributed by atoms with Crippen molar-refractivity contribution in [3.05, 3.63) is 53.6 Å². The lowest BCUT2D eigenvalue weighted by Crippen LogP contribution is -2.28. The molecule has 94 valence electrons. The molecule has 2 aromatic rings. The molecule has 18 heavy (non-hydrogen) atoms. The minimum atomic E-state index is -0.0997. The van der Waals surface area contributed by atoms with Gasteiger partial charge in [-0.2, -0.15) is 0 Å². The summed E-state index contributed by atoms with van der Waals surface area (Å²) in [6.07, 6.45) is 3.82. The molecular weight excluding hydrogens is 226 g/mol. The number of rotatable bonds is 4. The summed E-state index contributed by atoms with van der Waals surface area (Å²) in [7, 11) is 0. The molecule has 4 nitrogen and oxygen atoms in total. The zero-order valence-corrected chi connectivity index (χ0v) is 10.6. The van der Waals surface area contributed by atoms with Gasteiger partial charge in [0.1, 0.15) is 5.82 Å². The van der Waals surface area contributed by atoms with E-state index in [0.29, 0.717) is 6.42 Å². The van der Waals surface area contributed by atoms with E-state index in [1.165, 1.54) is 5.56 Å². The SMILES string of the molecule is Cc1cccc(CC(=O)NC(C)c2ncc[nH]2)c1. The fraction of sp³-hybridized carbons (Fsp3) is 0.286. The van der Waals surface area contributed by atoms with Crippen LogP contribution in [0.1, 0.15) is 29.9 Å². The van der Waals surface area contributed by atoms with E-state index in [2.05, 4.69) is 15.3 Å². The van der Waals surface area contributed by atoms with Crippen molar-refractivity contribution in [3.8, 4) is 0 Å². The first-order valence-corrected chi connectivity index (χ1v) is 5.99. The number of hydrogen-bond donors (Lipinski definition) is 2. The average Bonchev–Trinajstić information content (AvgIpc) is 2.81. The summed E-state index contributed by atoms with van der Waals surface area (Å²) >= 11 is 0. The Hall–Kier alpha value is -2.10. The van der Waals surface area contributed by atoms with E-state index in [0.717, 1.165) is 11.4 Å². The number of aryl methyl sites for hydroxylation is 1. The number of hydrogen-bond acceptors (Lipinski definition) is 2. The molecule has 2 rings (SSSR count). The number of aromatic nitrogens is 2. The van der Waals surface area contributed by atoms with Gasteiger partial charge in [-0.3, -0.25) is 4.79 Å². The molecule has 0 radical (unpaired) electrons. The first kappa shape index (κ1) is 12.4. The van der Waals surface area contributed by atoms with Gasteiger partial charge in [-0.05, 0) is 19.4 Å². The molecule has 1 amide bonds. The van der Waals surface area contributed by atoms with Crippen LogP contribution in [-0.4, -0.2) is 15.9 Å². The van der Waals surface area contributed by atoms with Crippen LogP contribution in [0.2, 0.25) is 0 Å². The number of carbonyl (C=O) groups is 1. The molecule has 2 N–H and O–H groups in total. The number of benzene rings is 1. The van der Waals surface area contributed by atoms with Gasteiger partial charge >= 0.3 is 0 Å². The van der Waals surface area contributed by atoms with Crippen LogP contribution >= 0.6 is 0 Å². The van der Waals surface area contributed by atoms with Crippen molar-refractivity contribution >= 4 is 5.91 Å². The number of imidazole rings is 1. The van der Waals surface area contributed by atoms with Crippen LogP contribution < -0.4 is 5.32 Å². The van der Waals surface area contributed by atoms with Gasteiger partial charge in [0.05, 0.1) is 12.5 Å². The maximum absolute atomic E-state index is 11.9. The van der Waals surface area contributed by atoms with Gasteiger partial charge in [0.2, 0.25) is 5.91 Å². The van der Waals surface area contributed by atoms with E-state index < -0.39 is 0 Å². The minimum Gasteiger partial charge on any atom is -0.347 e. The highest BCUT2D eigenvalue weighted by Crippen LogP contribution is 2.08. The lowest BCUT2D eigenvalue weighted by atomic mass is 10.1. The molecule has 0 aliphatic heterocycles. The lowest BCUT2D eigenvalue weighted by molar-refractivity contribution is -0.121. The van der Waals surface area contributed by atoms with Crippen molar-refractivity contribution in [2.45, 2.75) is 26.3 Å². The Labute approximate surface area is 106 Å². The van der Waals surface area contributed by atoms with Gasteiger partial charge in [-0.25, -0.2) is 4.98 Å². The molecule has 1 atom stereocenters. The Morgan fingerprint density at radius 1 is 1.50 bits per heavy atom. The zero-order chi connectivity index (χ0) is 13.0. The van der Waals surface area contributed by atoms with Crippen molar-refractivity contribution in [2.24, 2.45) is 0 Å². The van der Waals surface area contributed by atoms with Crippen molar-refractivity contribution in [3.63, 3.8) is 0 Å². The fourth-order valence-electron chi connectivity index (χ4n) is 1.88. The first-order chi connectivity index (χ1) is 8.65. The molecule has 0 fully saturated rings. The van der Waals surface area contributed by atoms with Gasteiger partial charge < -0.3 is 10.3 Å². The normalized spacial score (nSPS) is 12.1. The number of nitrogens with one attached hydrogen (secondary N) is 2. The molecule has 1 aromatic carbocycles. The third kappa shape index (κ3) is 3.20. The molecule has 0 saturated carbocycles. The summed E-state index contributed by atoms with van der Waals surface area (Å²) in [4.78, 5) is 19.0. The number of aromatic amines is 1. The summed E-state index contributed by atoms with van der Waals surface area (Å²) in [5.74, 6) is 0.775. The van der Waals surface area contributed by atoms with Crippen LogP contribution in [0.5, 0.6) is 0 Å². The lowest BCUT2D eigenvalue weighted by Gasteiger charge is -2.11. The highest BCUT2D eigenvalue weighted by Gasteiger charge is 2.11. The van der Waals surface area contributed by atoms with E-state index >= 15 is 0 Å². The van der Waals surface area contributed by atoms with Crippen LogP contribution in [0.3, 0.4) is 0 Å². The Balaban J connectivity index is 1.93. The molecule has 0 aliphatic carbocycles. The Morgan fingerprint density at radius 2 is 2.33 bits per heavy atom. The topological polar surface area (TPSA) is 57.8 Å². The molecular formula is C14H17N3O. The maximum atomic E-state index is 11.9. The average molecular weight is 243 g/mol. The smallest absolute Gasteiger partial charge is 0.224 e. The van der Waals surface area contributed by atoms with Crippen molar-refractivity contribution in [1.29, 1.82) is 0 Å². The molecule has 1 unspecified atom stereocenters. The van der Waals surface area contributed by atoms with Crippen molar-refractivity contribution < 1.29 is 4.79 Å². The minimum absolute atomic E-state index is 0.00417.